The fourth-order valence-electron chi connectivity index (χ4n) is 0.891. The van der Waals surface area contributed by atoms with Crippen LogP contribution in [0.25, 0.3) is 0 Å². The van der Waals surface area contributed by atoms with Crippen LogP contribution in [0, 0.1) is 11.8 Å². The van der Waals surface area contributed by atoms with Gasteiger partial charge in [-0.25, -0.2) is 0 Å². The second kappa shape index (κ2) is 9.61. The van der Waals surface area contributed by atoms with Crippen LogP contribution in [0.4, 0.5) is 0 Å². The normalized spacial score (nSPS) is 10.4. The van der Waals surface area contributed by atoms with Crippen molar-refractivity contribution in [2.24, 2.45) is 0 Å². The molecule has 14 heavy (non-hydrogen) atoms. The molecule has 0 aromatic rings. The molecule has 0 fully saturated rings. The first kappa shape index (κ1) is 14.1. The monoisotopic (exact) mass is 236 g/mol. The zero-order valence-corrected chi connectivity index (χ0v) is 10.4. The molecule has 0 aromatic heterocycles. The van der Waals surface area contributed by atoms with Crippen molar-refractivity contribution in [3.8, 4) is 11.8 Å². The maximum absolute atomic E-state index is 5.65. The average molecular weight is 237 g/mol. The van der Waals surface area contributed by atoms with Crippen molar-refractivity contribution >= 4 is 23.2 Å². The van der Waals surface area contributed by atoms with Gasteiger partial charge in [0.05, 0.1) is 13.1 Å². The number of hydrogen-bond acceptors (Lipinski definition) is 2. The number of alkyl halides is 2. The van der Waals surface area contributed by atoms with E-state index in [0.29, 0.717) is 11.8 Å². The predicted molar refractivity (Wildman–Crippen MR) is 64.2 cm³/mol. The number of nitrogens with zero attached hydrogens (tertiary/aromatic N) is 2. The third-order valence-electron chi connectivity index (χ3n) is 1.62. The highest BCUT2D eigenvalue weighted by Crippen LogP contribution is 1.90. The average Bonchev–Trinajstić information content (AvgIpc) is 2.12. The summed E-state index contributed by atoms with van der Waals surface area (Å²) in [6, 6.07) is 0. The second-order valence-electron chi connectivity index (χ2n) is 3.25. The van der Waals surface area contributed by atoms with Crippen molar-refractivity contribution in [2.75, 3.05) is 52.0 Å². The van der Waals surface area contributed by atoms with Gasteiger partial charge in [0.1, 0.15) is 0 Å². The lowest BCUT2D eigenvalue weighted by Crippen LogP contribution is -2.28. The SMILES string of the molecule is CN(C)CC#CCN(CCCl)CCCl. The van der Waals surface area contributed by atoms with E-state index < -0.39 is 0 Å². The van der Waals surface area contributed by atoms with Gasteiger partial charge in [-0.1, -0.05) is 11.8 Å². The molecule has 0 unspecified atom stereocenters. The molecule has 0 heterocycles. The molecule has 0 aliphatic carbocycles. The highest BCUT2D eigenvalue weighted by Gasteiger charge is 1.99. The summed E-state index contributed by atoms with van der Waals surface area (Å²) in [4.78, 5) is 4.20. The molecule has 0 saturated carbocycles. The zero-order valence-electron chi connectivity index (χ0n) is 8.89. The van der Waals surface area contributed by atoms with Crippen LogP contribution in [-0.4, -0.2) is 61.8 Å². The molecule has 0 aromatic carbocycles. The summed E-state index contributed by atoms with van der Waals surface area (Å²) < 4.78 is 0. The molecule has 0 atom stereocenters. The molecule has 0 saturated heterocycles. The van der Waals surface area contributed by atoms with Gasteiger partial charge in [-0.15, -0.1) is 23.2 Å². The summed E-state index contributed by atoms with van der Waals surface area (Å²) in [5, 5.41) is 0. The lowest BCUT2D eigenvalue weighted by atomic mass is 10.4. The van der Waals surface area contributed by atoms with Gasteiger partial charge < -0.3 is 0 Å². The van der Waals surface area contributed by atoms with E-state index in [9.17, 15) is 0 Å². The van der Waals surface area contributed by atoms with Gasteiger partial charge in [0.2, 0.25) is 0 Å². The first-order valence-electron chi connectivity index (χ1n) is 4.65. The summed E-state index contributed by atoms with van der Waals surface area (Å²) in [5.41, 5.74) is 0. The van der Waals surface area contributed by atoms with Crippen molar-refractivity contribution in [3.63, 3.8) is 0 Å². The Morgan fingerprint density at radius 2 is 1.43 bits per heavy atom. The maximum Gasteiger partial charge on any atom is 0.0602 e. The van der Waals surface area contributed by atoms with Gasteiger partial charge in [-0.3, -0.25) is 9.80 Å². The second-order valence-corrected chi connectivity index (χ2v) is 4.00. The highest BCUT2D eigenvalue weighted by atomic mass is 35.5. The Labute approximate surface area is 97.1 Å². The zero-order chi connectivity index (χ0) is 10.8. The summed E-state index contributed by atoms with van der Waals surface area (Å²) in [6.07, 6.45) is 0. The molecular formula is C10H18Cl2N2. The molecular weight excluding hydrogens is 219 g/mol. The van der Waals surface area contributed by atoms with Gasteiger partial charge in [-0.2, -0.15) is 0 Å². The molecule has 2 nitrogen and oxygen atoms in total. The van der Waals surface area contributed by atoms with E-state index in [-0.39, 0.29) is 0 Å². The van der Waals surface area contributed by atoms with Crippen LogP contribution < -0.4 is 0 Å². The molecule has 0 N–H and O–H groups in total. The Hall–Kier alpha value is 0.0600. The summed E-state index contributed by atoms with van der Waals surface area (Å²) in [5.74, 6) is 7.45. The van der Waals surface area contributed by atoms with Crippen molar-refractivity contribution in [1.29, 1.82) is 0 Å². The van der Waals surface area contributed by atoms with Gasteiger partial charge in [0.25, 0.3) is 0 Å². The lowest BCUT2D eigenvalue weighted by Gasteiger charge is -2.16. The third-order valence-corrected chi connectivity index (χ3v) is 1.96. The van der Waals surface area contributed by atoms with Gasteiger partial charge in [0, 0.05) is 24.8 Å². The molecule has 4 heteroatoms. The largest absolute Gasteiger partial charge is 0.299 e. The van der Waals surface area contributed by atoms with Crippen LogP contribution >= 0.6 is 23.2 Å². The van der Waals surface area contributed by atoms with E-state index in [4.69, 9.17) is 23.2 Å². The molecule has 0 spiro atoms. The molecule has 0 bridgehead atoms. The highest BCUT2D eigenvalue weighted by molar-refractivity contribution is 6.18. The van der Waals surface area contributed by atoms with E-state index in [0.717, 1.165) is 26.2 Å². The van der Waals surface area contributed by atoms with E-state index in [1.165, 1.54) is 0 Å². The van der Waals surface area contributed by atoms with Crippen LogP contribution in [0.15, 0.2) is 0 Å². The quantitative estimate of drug-likeness (QED) is 0.508. The Bertz CT molecular complexity index is 178. The Kier molecular flexibility index (Phi) is 9.65. The lowest BCUT2D eigenvalue weighted by molar-refractivity contribution is 0.346. The minimum absolute atomic E-state index is 0.631. The topological polar surface area (TPSA) is 6.48 Å². The first-order chi connectivity index (χ1) is 6.70. The minimum atomic E-state index is 0.631. The van der Waals surface area contributed by atoms with Crippen LogP contribution in [0.2, 0.25) is 0 Å². The number of halogens is 2. The molecule has 0 aliphatic heterocycles. The van der Waals surface area contributed by atoms with Gasteiger partial charge in [0.15, 0.2) is 0 Å². The molecule has 0 radical (unpaired) electrons. The van der Waals surface area contributed by atoms with E-state index >= 15 is 0 Å². The predicted octanol–water partition coefficient (Wildman–Crippen LogP) is 1.33. The fraction of sp³-hybridized carbons (Fsp3) is 0.800. The van der Waals surface area contributed by atoms with Crippen LogP contribution in [0.3, 0.4) is 0 Å². The van der Waals surface area contributed by atoms with E-state index in [1.807, 2.05) is 19.0 Å². The minimum Gasteiger partial charge on any atom is -0.299 e. The van der Waals surface area contributed by atoms with Gasteiger partial charge in [-0.05, 0) is 14.1 Å². The van der Waals surface area contributed by atoms with Crippen LogP contribution in [0.5, 0.6) is 0 Å². The van der Waals surface area contributed by atoms with Crippen molar-refractivity contribution in [1.82, 2.24) is 9.80 Å². The smallest absolute Gasteiger partial charge is 0.0602 e. The number of hydrogen-bond donors (Lipinski definition) is 0. The Morgan fingerprint density at radius 1 is 0.929 bits per heavy atom. The third kappa shape index (κ3) is 8.65. The molecule has 0 aliphatic rings. The molecule has 82 valence electrons. The molecule has 0 rings (SSSR count). The Balaban J connectivity index is 3.71. The first-order valence-corrected chi connectivity index (χ1v) is 5.72. The maximum atomic E-state index is 5.65. The van der Waals surface area contributed by atoms with Crippen molar-refractivity contribution in [2.45, 2.75) is 0 Å². The standard InChI is InChI=1S/C10H18Cl2N2/c1-13(2)7-3-4-8-14(9-5-11)10-6-12/h5-10H2,1-2H3. The van der Waals surface area contributed by atoms with Crippen molar-refractivity contribution < 1.29 is 0 Å². The Morgan fingerprint density at radius 3 is 1.86 bits per heavy atom. The summed E-state index contributed by atoms with van der Waals surface area (Å²) in [7, 11) is 4.01. The number of rotatable bonds is 6. The van der Waals surface area contributed by atoms with Crippen LogP contribution in [-0.2, 0) is 0 Å². The van der Waals surface area contributed by atoms with E-state index in [2.05, 4.69) is 16.7 Å². The van der Waals surface area contributed by atoms with Crippen LogP contribution in [0.1, 0.15) is 0 Å². The van der Waals surface area contributed by atoms with E-state index in [1.54, 1.807) is 0 Å². The van der Waals surface area contributed by atoms with Crippen molar-refractivity contribution in [3.05, 3.63) is 0 Å². The summed E-state index contributed by atoms with van der Waals surface area (Å²) >= 11 is 11.3. The summed E-state index contributed by atoms with van der Waals surface area (Å²) in [6.45, 7) is 3.26. The fourth-order valence-corrected chi connectivity index (χ4v) is 1.37. The molecule has 0 amide bonds. The van der Waals surface area contributed by atoms with Gasteiger partial charge >= 0.3 is 0 Å².